The maximum absolute atomic E-state index is 11.7. The molecule has 1 aromatic rings. The van der Waals surface area contributed by atoms with Crippen LogP contribution in [0.1, 0.15) is 17.4 Å². The fourth-order valence-electron chi connectivity index (χ4n) is 1.54. The number of nitrogens with zero attached hydrogens (tertiary/aromatic N) is 2. The quantitative estimate of drug-likeness (QED) is 0.817. The van der Waals surface area contributed by atoms with Gasteiger partial charge in [-0.25, -0.2) is 0 Å². The number of carbonyl (C=O) groups is 1. The summed E-state index contributed by atoms with van der Waals surface area (Å²) in [6, 6.07) is 2.00. The second-order valence-electron chi connectivity index (χ2n) is 4.35. The van der Waals surface area contributed by atoms with Crippen LogP contribution in [0.5, 0.6) is 0 Å². The molecule has 1 rings (SSSR count). The van der Waals surface area contributed by atoms with Crippen molar-refractivity contribution < 1.29 is 4.79 Å². The van der Waals surface area contributed by atoms with Crippen LogP contribution < -0.4 is 5.73 Å². The number of hydrogen-bond donors (Lipinski definition) is 1. The van der Waals surface area contributed by atoms with Crippen molar-refractivity contribution in [1.82, 2.24) is 9.80 Å². The zero-order valence-corrected chi connectivity index (χ0v) is 12.6. The van der Waals surface area contributed by atoms with Gasteiger partial charge in [-0.15, -0.1) is 11.3 Å². The molecule has 0 saturated heterocycles. The highest BCUT2D eigenvalue weighted by Crippen LogP contribution is 2.18. The molecule has 0 aliphatic rings. The summed E-state index contributed by atoms with van der Waals surface area (Å²) in [4.78, 5) is 16.7. The molecule has 0 aliphatic heterocycles. The first-order valence-corrected chi connectivity index (χ1v) is 7.14. The highest BCUT2D eigenvalue weighted by Gasteiger charge is 2.13. The van der Waals surface area contributed by atoms with Crippen molar-refractivity contribution >= 4 is 17.2 Å². The van der Waals surface area contributed by atoms with Crippen LogP contribution in [0.25, 0.3) is 0 Å². The van der Waals surface area contributed by atoms with Crippen LogP contribution in [-0.4, -0.2) is 49.4 Å². The summed E-state index contributed by atoms with van der Waals surface area (Å²) in [7, 11) is 3.55. The van der Waals surface area contributed by atoms with E-state index in [0.29, 0.717) is 13.1 Å². The van der Waals surface area contributed by atoms with Crippen molar-refractivity contribution in [3.05, 3.63) is 21.9 Å². The Labute approximate surface area is 119 Å². The Morgan fingerprint density at radius 3 is 2.79 bits per heavy atom. The Bertz CT molecular complexity index is 471. The number of nitrogens with two attached hydrogens (primary N) is 1. The van der Waals surface area contributed by atoms with E-state index in [0.717, 1.165) is 18.7 Å². The van der Waals surface area contributed by atoms with Gasteiger partial charge in [-0.3, -0.25) is 9.69 Å². The molecule has 0 aliphatic carbocycles. The van der Waals surface area contributed by atoms with Gasteiger partial charge in [-0.1, -0.05) is 18.8 Å². The Kier molecular flexibility index (Phi) is 6.57. The minimum Gasteiger partial charge on any atom is -0.348 e. The number of likely N-dealkylation sites (N-methyl/N-ethyl adjacent to an activating group) is 2. The molecule has 2 N–H and O–H groups in total. The van der Waals surface area contributed by atoms with Gasteiger partial charge in [0.25, 0.3) is 0 Å². The number of amides is 1. The van der Waals surface area contributed by atoms with Crippen LogP contribution in [0.15, 0.2) is 11.4 Å². The van der Waals surface area contributed by atoms with E-state index in [2.05, 4.69) is 23.7 Å². The summed E-state index contributed by atoms with van der Waals surface area (Å²) in [5, 5.41) is 2.03. The number of hydrogen-bond acceptors (Lipinski definition) is 4. The predicted octanol–water partition coefficient (Wildman–Crippen LogP) is 0.968. The van der Waals surface area contributed by atoms with Crippen molar-refractivity contribution in [2.24, 2.45) is 5.73 Å². The molecule has 0 radical (unpaired) electrons. The predicted molar refractivity (Wildman–Crippen MR) is 79.9 cm³/mol. The molecule has 19 heavy (non-hydrogen) atoms. The van der Waals surface area contributed by atoms with Gasteiger partial charge in [-0.05, 0) is 18.0 Å². The van der Waals surface area contributed by atoms with E-state index in [9.17, 15) is 4.79 Å². The second-order valence-corrected chi connectivity index (χ2v) is 5.36. The highest BCUT2D eigenvalue weighted by molar-refractivity contribution is 7.10. The molecular formula is C14H21N3OS. The minimum absolute atomic E-state index is 0.119. The average Bonchev–Trinajstić information content (AvgIpc) is 2.82. The Balaban J connectivity index is 2.71. The molecule has 104 valence electrons. The highest BCUT2D eigenvalue weighted by atomic mass is 32.1. The molecule has 0 aromatic carbocycles. The Morgan fingerprint density at radius 2 is 2.21 bits per heavy atom. The third-order valence-electron chi connectivity index (χ3n) is 2.74. The van der Waals surface area contributed by atoms with Gasteiger partial charge in [0.15, 0.2) is 0 Å². The zero-order chi connectivity index (χ0) is 14.3. The fourth-order valence-corrected chi connectivity index (χ4v) is 2.41. The third kappa shape index (κ3) is 5.03. The summed E-state index contributed by atoms with van der Waals surface area (Å²) in [5.74, 6) is 6.06. The van der Waals surface area contributed by atoms with Gasteiger partial charge in [0.1, 0.15) is 0 Å². The topological polar surface area (TPSA) is 49.6 Å². The summed E-state index contributed by atoms with van der Waals surface area (Å²) in [5.41, 5.74) is 6.41. The van der Waals surface area contributed by atoms with E-state index in [1.54, 1.807) is 30.3 Å². The van der Waals surface area contributed by atoms with Crippen LogP contribution in [0.2, 0.25) is 0 Å². The van der Waals surface area contributed by atoms with E-state index in [1.807, 2.05) is 11.4 Å². The maximum atomic E-state index is 11.7. The molecule has 1 amide bonds. The molecule has 1 aromatic heterocycles. The zero-order valence-electron chi connectivity index (χ0n) is 11.8. The van der Waals surface area contributed by atoms with Crippen LogP contribution in [0.4, 0.5) is 0 Å². The largest absolute Gasteiger partial charge is 0.348 e. The lowest BCUT2D eigenvalue weighted by molar-refractivity contribution is -0.130. The molecule has 4 nitrogen and oxygen atoms in total. The summed E-state index contributed by atoms with van der Waals surface area (Å²) in [6.07, 6.45) is 0. The molecule has 0 spiro atoms. The van der Waals surface area contributed by atoms with Crippen molar-refractivity contribution in [1.29, 1.82) is 0 Å². The average molecular weight is 279 g/mol. The maximum Gasteiger partial charge on any atom is 0.236 e. The first kappa shape index (κ1) is 15.7. The Morgan fingerprint density at radius 1 is 1.47 bits per heavy atom. The lowest BCUT2D eigenvalue weighted by Gasteiger charge is -2.21. The van der Waals surface area contributed by atoms with Crippen LogP contribution >= 0.6 is 11.3 Å². The van der Waals surface area contributed by atoms with E-state index < -0.39 is 0 Å². The molecule has 0 bridgehead atoms. The number of rotatable bonds is 5. The molecule has 0 atom stereocenters. The third-order valence-corrected chi connectivity index (χ3v) is 3.65. The van der Waals surface area contributed by atoms with E-state index in [1.165, 1.54) is 4.88 Å². The minimum atomic E-state index is 0.119. The first-order valence-electron chi connectivity index (χ1n) is 6.26. The number of carbonyl (C=O) groups excluding carboxylic acids is 1. The molecule has 0 saturated carbocycles. The summed E-state index contributed by atoms with van der Waals surface area (Å²) < 4.78 is 0. The molecular weight excluding hydrogens is 258 g/mol. The van der Waals surface area contributed by atoms with Gasteiger partial charge in [-0.2, -0.15) is 0 Å². The van der Waals surface area contributed by atoms with Crippen molar-refractivity contribution in [2.75, 3.05) is 33.7 Å². The van der Waals surface area contributed by atoms with Crippen LogP contribution in [-0.2, 0) is 11.3 Å². The normalized spacial score (nSPS) is 10.2. The Hall–Kier alpha value is -1.35. The molecule has 1 heterocycles. The van der Waals surface area contributed by atoms with E-state index in [4.69, 9.17) is 5.73 Å². The summed E-state index contributed by atoms with van der Waals surface area (Å²) >= 11 is 1.67. The molecule has 5 heteroatoms. The standard InChI is InChI=1S/C14H21N3OS/c1-4-17(11-14(18)16(2)3)10-13-12(6-5-8-15)7-9-19-13/h7,9H,4,8,10-11,15H2,1-3H3. The van der Waals surface area contributed by atoms with Crippen molar-refractivity contribution in [3.63, 3.8) is 0 Å². The lowest BCUT2D eigenvalue weighted by atomic mass is 10.2. The molecule has 0 fully saturated rings. The summed E-state index contributed by atoms with van der Waals surface area (Å²) in [6.45, 7) is 4.45. The van der Waals surface area contributed by atoms with Crippen LogP contribution in [0.3, 0.4) is 0 Å². The monoisotopic (exact) mass is 279 g/mol. The van der Waals surface area contributed by atoms with Gasteiger partial charge >= 0.3 is 0 Å². The van der Waals surface area contributed by atoms with Crippen molar-refractivity contribution in [3.8, 4) is 11.8 Å². The first-order chi connectivity index (χ1) is 9.08. The van der Waals surface area contributed by atoms with Gasteiger partial charge < -0.3 is 10.6 Å². The van der Waals surface area contributed by atoms with Gasteiger partial charge in [0.2, 0.25) is 5.91 Å². The van der Waals surface area contributed by atoms with Crippen LogP contribution in [0, 0.1) is 11.8 Å². The number of thiophene rings is 1. The smallest absolute Gasteiger partial charge is 0.236 e. The van der Waals surface area contributed by atoms with Gasteiger partial charge in [0.05, 0.1) is 13.1 Å². The fraction of sp³-hybridized carbons (Fsp3) is 0.500. The lowest BCUT2D eigenvalue weighted by Crippen LogP contribution is -2.36. The van der Waals surface area contributed by atoms with Crippen molar-refractivity contribution in [2.45, 2.75) is 13.5 Å². The van der Waals surface area contributed by atoms with E-state index in [-0.39, 0.29) is 5.91 Å². The van der Waals surface area contributed by atoms with Gasteiger partial charge in [0, 0.05) is 31.1 Å². The second kappa shape index (κ2) is 7.95. The molecule has 0 unspecified atom stereocenters. The van der Waals surface area contributed by atoms with E-state index >= 15 is 0 Å². The SMILES string of the molecule is CCN(CC(=O)N(C)C)Cc1sccc1C#CCN.